The first-order chi connectivity index (χ1) is 14.2. The third-order valence-electron chi connectivity index (χ3n) is 4.73. The molecule has 0 radical (unpaired) electrons. The Balaban J connectivity index is 1.49. The summed E-state index contributed by atoms with van der Waals surface area (Å²) in [6.07, 6.45) is 2.78. The van der Waals surface area contributed by atoms with Crippen LogP contribution in [0.3, 0.4) is 0 Å². The van der Waals surface area contributed by atoms with E-state index in [0.29, 0.717) is 19.5 Å². The second-order valence-electron chi connectivity index (χ2n) is 6.73. The standard InChI is InChI=1S/C23H20N4OS/c24-11-6-12-27-15-19(18-9-4-5-10-21(18)27)20-16-29-23(26-20)13-22(28)25-14-17-7-2-1-3-8-17/h1-5,7-10,15-16H,6,12-14H2,(H,25,28). The molecule has 2 heterocycles. The van der Waals surface area contributed by atoms with Gasteiger partial charge in [-0.15, -0.1) is 11.3 Å². The van der Waals surface area contributed by atoms with Crippen molar-refractivity contribution in [1.29, 1.82) is 5.26 Å². The van der Waals surface area contributed by atoms with Gasteiger partial charge in [0.2, 0.25) is 5.91 Å². The third-order valence-corrected chi connectivity index (χ3v) is 5.57. The summed E-state index contributed by atoms with van der Waals surface area (Å²) in [5, 5.41) is 15.8. The van der Waals surface area contributed by atoms with Gasteiger partial charge in [0.25, 0.3) is 0 Å². The van der Waals surface area contributed by atoms with Crippen LogP contribution < -0.4 is 5.32 Å². The summed E-state index contributed by atoms with van der Waals surface area (Å²) >= 11 is 1.50. The Morgan fingerprint density at radius 2 is 1.93 bits per heavy atom. The van der Waals surface area contributed by atoms with Gasteiger partial charge in [0.05, 0.1) is 24.6 Å². The van der Waals surface area contributed by atoms with E-state index in [2.05, 4.69) is 34.3 Å². The highest BCUT2D eigenvalue weighted by Gasteiger charge is 2.14. The molecule has 0 saturated heterocycles. The summed E-state index contributed by atoms with van der Waals surface area (Å²) in [5.41, 5.74) is 4.07. The normalized spacial score (nSPS) is 10.7. The van der Waals surface area contributed by atoms with Crippen molar-refractivity contribution in [2.24, 2.45) is 0 Å². The summed E-state index contributed by atoms with van der Waals surface area (Å²) in [7, 11) is 0. The highest BCUT2D eigenvalue weighted by molar-refractivity contribution is 7.10. The Bertz CT molecular complexity index is 1170. The fourth-order valence-electron chi connectivity index (χ4n) is 3.32. The zero-order chi connectivity index (χ0) is 20.1. The number of benzene rings is 2. The molecular formula is C23H20N4OS. The Morgan fingerprint density at radius 1 is 1.14 bits per heavy atom. The Labute approximate surface area is 173 Å². The number of aryl methyl sites for hydroxylation is 1. The molecule has 1 N–H and O–H groups in total. The molecule has 2 aromatic heterocycles. The van der Waals surface area contributed by atoms with Crippen molar-refractivity contribution in [3.8, 4) is 17.3 Å². The number of aromatic nitrogens is 2. The lowest BCUT2D eigenvalue weighted by molar-refractivity contribution is -0.120. The quantitative estimate of drug-likeness (QED) is 0.495. The van der Waals surface area contributed by atoms with E-state index in [1.54, 1.807) is 0 Å². The van der Waals surface area contributed by atoms with Gasteiger partial charge in [-0.3, -0.25) is 4.79 Å². The van der Waals surface area contributed by atoms with Gasteiger partial charge < -0.3 is 9.88 Å². The fourth-order valence-corrected chi connectivity index (χ4v) is 4.11. The Morgan fingerprint density at radius 3 is 2.76 bits per heavy atom. The van der Waals surface area contributed by atoms with Gasteiger partial charge >= 0.3 is 0 Å². The van der Waals surface area contributed by atoms with E-state index in [4.69, 9.17) is 10.2 Å². The molecule has 0 spiro atoms. The van der Waals surface area contributed by atoms with Crippen molar-refractivity contribution in [3.05, 3.63) is 76.7 Å². The van der Waals surface area contributed by atoms with E-state index in [9.17, 15) is 4.79 Å². The number of nitrogens with zero attached hydrogens (tertiary/aromatic N) is 3. The minimum absolute atomic E-state index is 0.0359. The molecule has 0 aliphatic carbocycles. The van der Waals surface area contributed by atoms with Crippen molar-refractivity contribution in [1.82, 2.24) is 14.9 Å². The van der Waals surface area contributed by atoms with Gasteiger partial charge in [0.1, 0.15) is 5.01 Å². The van der Waals surface area contributed by atoms with Gasteiger partial charge in [-0.1, -0.05) is 48.5 Å². The molecule has 0 saturated carbocycles. The van der Waals surface area contributed by atoms with Crippen molar-refractivity contribution in [2.45, 2.75) is 25.9 Å². The molecule has 1 amide bonds. The smallest absolute Gasteiger partial charge is 0.227 e. The number of rotatable bonds is 7. The van der Waals surface area contributed by atoms with Crippen LogP contribution in [0.1, 0.15) is 17.0 Å². The molecule has 0 bridgehead atoms. The van der Waals surface area contributed by atoms with Gasteiger partial charge in [0.15, 0.2) is 0 Å². The van der Waals surface area contributed by atoms with Gasteiger partial charge in [-0.2, -0.15) is 5.26 Å². The highest BCUT2D eigenvalue weighted by Crippen LogP contribution is 2.31. The molecule has 0 atom stereocenters. The summed E-state index contributed by atoms with van der Waals surface area (Å²) in [5.74, 6) is -0.0359. The Kier molecular flexibility index (Phi) is 5.68. The zero-order valence-electron chi connectivity index (χ0n) is 15.8. The zero-order valence-corrected chi connectivity index (χ0v) is 16.7. The number of nitriles is 1. The topological polar surface area (TPSA) is 70.7 Å². The molecule has 29 heavy (non-hydrogen) atoms. The van der Waals surface area contributed by atoms with Crippen LogP contribution in [0.4, 0.5) is 0 Å². The van der Waals surface area contributed by atoms with Crippen molar-refractivity contribution < 1.29 is 4.79 Å². The molecule has 144 valence electrons. The average Bonchev–Trinajstić information content (AvgIpc) is 3.36. The van der Waals surface area contributed by atoms with Crippen molar-refractivity contribution in [2.75, 3.05) is 0 Å². The lowest BCUT2D eigenvalue weighted by atomic mass is 10.1. The third kappa shape index (κ3) is 4.36. The van der Waals surface area contributed by atoms with E-state index < -0.39 is 0 Å². The van der Waals surface area contributed by atoms with Crippen LogP contribution in [0.15, 0.2) is 66.2 Å². The SMILES string of the molecule is N#CCCn1cc(-c2csc(CC(=O)NCc3ccccc3)n2)c2ccccc21. The van der Waals surface area contributed by atoms with Gasteiger partial charge in [0, 0.05) is 41.1 Å². The van der Waals surface area contributed by atoms with Crippen LogP contribution in [0.5, 0.6) is 0 Å². The number of thiazole rings is 1. The molecule has 2 aromatic carbocycles. The number of hydrogen-bond donors (Lipinski definition) is 1. The Hall–Kier alpha value is -3.43. The number of amides is 1. The molecular weight excluding hydrogens is 380 g/mol. The fraction of sp³-hybridized carbons (Fsp3) is 0.174. The predicted molar refractivity (Wildman–Crippen MR) is 115 cm³/mol. The summed E-state index contributed by atoms with van der Waals surface area (Å²) in [6, 6.07) is 20.2. The summed E-state index contributed by atoms with van der Waals surface area (Å²) < 4.78 is 2.10. The van der Waals surface area contributed by atoms with Crippen LogP contribution in [-0.2, 0) is 24.3 Å². The van der Waals surface area contributed by atoms with Crippen molar-refractivity contribution in [3.63, 3.8) is 0 Å². The van der Waals surface area contributed by atoms with Crippen LogP contribution in [-0.4, -0.2) is 15.5 Å². The van der Waals surface area contributed by atoms with Gasteiger partial charge in [-0.25, -0.2) is 4.98 Å². The molecule has 4 aromatic rings. The van der Waals surface area contributed by atoms with E-state index in [-0.39, 0.29) is 12.3 Å². The van der Waals surface area contributed by atoms with Crippen LogP contribution in [0, 0.1) is 11.3 Å². The largest absolute Gasteiger partial charge is 0.352 e. The minimum atomic E-state index is -0.0359. The molecule has 0 fully saturated rings. The van der Waals surface area contributed by atoms with E-state index in [0.717, 1.165) is 32.7 Å². The molecule has 6 heteroatoms. The van der Waals surface area contributed by atoms with Crippen LogP contribution in [0.2, 0.25) is 0 Å². The monoisotopic (exact) mass is 400 g/mol. The first-order valence-electron chi connectivity index (χ1n) is 9.45. The molecule has 4 rings (SSSR count). The highest BCUT2D eigenvalue weighted by atomic mass is 32.1. The predicted octanol–water partition coefficient (Wildman–Crippen LogP) is 4.54. The number of carbonyl (C=O) groups excluding carboxylic acids is 1. The molecule has 0 unspecified atom stereocenters. The number of fused-ring (bicyclic) bond motifs is 1. The summed E-state index contributed by atoms with van der Waals surface area (Å²) in [4.78, 5) is 17.0. The van der Waals surface area contributed by atoms with Gasteiger partial charge in [-0.05, 0) is 11.6 Å². The molecule has 5 nitrogen and oxygen atoms in total. The van der Waals surface area contributed by atoms with Crippen molar-refractivity contribution >= 4 is 28.1 Å². The lowest BCUT2D eigenvalue weighted by Gasteiger charge is -2.03. The maximum Gasteiger partial charge on any atom is 0.227 e. The first kappa shape index (κ1) is 18.9. The maximum absolute atomic E-state index is 12.3. The lowest BCUT2D eigenvalue weighted by Crippen LogP contribution is -2.24. The average molecular weight is 401 g/mol. The first-order valence-corrected chi connectivity index (χ1v) is 10.3. The number of carbonyl (C=O) groups is 1. The van der Waals surface area contributed by atoms with E-state index >= 15 is 0 Å². The van der Waals surface area contributed by atoms with Crippen LogP contribution in [0.25, 0.3) is 22.2 Å². The number of hydrogen-bond acceptors (Lipinski definition) is 4. The maximum atomic E-state index is 12.3. The van der Waals surface area contributed by atoms with E-state index in [1.807, 2.05) is 47.8 Å². The second kappa shape index (κ2) is 8.72. The second-order valence-corrected chi connectivity index (χ2v) is 7.67. The molecule has 0 aliphatic rings. The molecule has 0 aliphatic heterocycles. The van der Waals surface area contributed by atoms with E-state index in [1.165, 1.54) is 11.3 Å². The summed E-state index contributed by atoms with van der Waals surface area (Å²) in [6.45, 7) is 1.17. The number of para-hydroxylation sites is 1. The van der Waals surface area contributed by atoms with Crippen LogP contribution >= 0.6 is 11.3 Å². The number of nitrogens with one attached hydrogen (secondary N) is 1. The minimum Gasteiger partial charge on any atom is -0.352 e.